The smallest absolute Gasteiger partial charge is 0.225 e. The molecule has 6 heteroatoms. The van der Waals surface area contributed by atoms with E-state index in [9.17, 15) is 4.79 Å². The zero-order chi connectivity index (χ0) is 15.6. The normalized spacial score (nSPS) is 17.5. The van der Waals surface area contributed by atoms with E-state index in [1.54, 1.807) is 12.4 Å². The molecule has 0 radical (unpaired) electrons. The molecule has 0 N–H and O–H groups in total. The molecule has 2 aliphatic rings. The Kier molecular flexibility index (Phi) is 3.73. The molecule has 1 amide bonds. The van der Waals surface area contributed by atoms with Gasteiger partial charge >= 0.3 is 0 Å². The average Bonchev–Trinajstić information content (AvgIpc) is 2.94. The topological polar surface area (TPSA) is 68.5 Å². The van der Waals surface area contributed by atoms with Gasteiger partial charge in [0.15, 0.2) is 0 Å². The van der Waals surface area contributed by atoms with Gasteiger partial charge < -0.3 is 14.2 Å². The minimum Gasteiger partial charge on any atom is -0.486 e. The van der Waals surface area contributed by atoms with E-state index in [0.717, 1.165) is 42.8 Å². The second-order valence-electron chi connectivity index (χ2n) is 6.15. The second-order valence-corrected chi connectivity index (χ2v) is 6.15. The molecule has 3 heterocycles. The molecule has 1 aliphatic carbocycles. The number of carbonyl (C=O) groups is 1. The summed E-state index contributed by atoms with van der Waals surface area (Å²) in [5, 5.41) is 4.13. The van der Waals surface area contributed by atoms with Crippen molar-refractivity contribution in [3.8, 4) is 5.75 Å². The number of hydrogen-bond donors (Lipinski definition) is 0. The maximum atomic E-state index is 12.4. The number of ether oxygens (including phenoxy) is 1. The summed E-state index contributed by atoms with van der Waals surface area (Å²) >= 11 is 0. The van der Waals surface area contributed by atoms with E-state index in [0.29, 0.717) is 18.9 Å². The van der Waals surface area contributed by atoms with Crippen molar-refractivity contribution < 1.29 is 14.1 Å². The SMILES string of the molecule is O=C(C1CCC1)N1CCc2onc(COc3cccnc3)c2C1. The van der Waals surface area contributed by atoms with Crippen molar-refractivity contribution in [2.24, 2.45) is 5.92 Å². The number of rotatable bonds is 4. The maximum absolute atomic E-state index is 12.4. The molecule has 1 fully saturated rings. The number of fused-ring (bicyclic) bond motifs is 1. The van der Waals surface area contributed by atoms with Gasteiger partial charge in [0, 0.05) is 30.6 Å². The van der Waals surface area contributed by atoms with Crippen LogP contribution in [0.1, 0.15) is 36.3 Å². The molecule has 0 saturated heterocycles. The first-order chi connectivity index (χ1) is 11.3. The predicted octanol–water partition coefficient (Wildman–Crippen LogP) is 2.33. The molecule has 0 atom stereocenters. The average molecular weight is 313 g/mol. The fraction of sp³-hybridized carbons (Fsp3) is 0.471. The molecule has 0 unspecified atom stereocenters. The van der Waals surface area contributed by atoms with E-state index in [-0.39, 0.29) is 11.8 Å². The highest BCUT2D eigenvalue weighted by molar-refractivity contribution is 5.79. The van der Waals surface area contributed by atoms with Crippen LogP contribution in [0.5, 0.6) is 5.75 Å². The summed E-state index contributed by atoms with van der Waals surface area (Å²) in [4.78, 5) is 18.4. The third-order valence-corrected chi connectivity index (χ3v) is 4.68. The molecular formula is C17H19N3O3. The van der Waals surface area contributed by atoms with E-state index < -0.39 is 0 Å². The first kappa shape index (κ1) is 14.2. The molecule has 2 aromatic heterocycles. The monoisotopic (exact) mass is 313 g/mol. The van der Waals surface area contributed by atoms with Crippen LogP contribution in [0.3, 0.4) is 0 Å². The fourth-order valence-corrected chi connectivity index (χ4v) is 3.06. The van der Waals surface area contributed by atoms with Crippen molar-refractivity contribution >= 4 is 5.91 Å². The van der Waals surface area contributed by atoms with Gasteiger partial charge in [0.05, 0.1) is 12.7 Å². The Morgan fingerprint density at radius 3 is 3.09 bits per heavy atom. The molecule has 0 aromatic carbocycles. The van der Waals surface area contributed by atoms with Crippen molar-refractivity contribution in [3.05, 3.63) is 41.5 Å². The number of pyridine rings is 1. The number of hydrogen-bond acceptors (Lipinski definition) is 5. The molecule has 1 saturated carbocycles. The molecule has 2 aromatic rings. The molecular weight excluding hydrogens is 294 g/mol. The predicted molar refractivity (Wildman–Crippen MR) is 81.5 cm³/mol. The van der Waals surface area contributed by atoms with Crippen molar-refractivity contribution in [3.63, 3.8) is 0 Å². The van der Waals surface area contributed by atoms with Crippen LogP contribution < -0.4 is 4.74 Å². The van der Waals surface area contributed by atoms with Gasteiger partial charge in [0.2, 0.25) is 5.91 Å². The Morgan fingerprint density at radius 2 is 2.35 bits per heavy atom. The van der Waals surface area contributed by atoms with Crippen LogP contribution in [0.4, 0.5) is 0 Å². The lowest BCUT2D eigenvalue weighted by molar-refractivity contribution is -0.139. The Balaban J connectivity index is 1.45. The highest BCUT2D eigenvalue weighted by Gasteiger charge is 2.33. The largest absolute Gasteiger partial charge is 0.486 e. The standard InChI is InChI=1S/C17H19N3O3/c21-17(12-3-1-4-12)20-8-6-16-14(10-20)15(19-23-16)11-22-13-5-2-7-18-9-13/h2,5,7,9,12H,1,3-4,6,8,10-11H2. The lowest BCUT2D eigenvalue weighted by Crippen LogP contribution is -2.41. The van der Waals surface area contributed by atoms with Gasteiger partial charge in [0.1, 0.15) is 23.8 Å². The third kappa shape index (κ3) is 2.81. The van der Waals surface area contributed by atoms with E-state index >= 15 is 0 Å². The highest BCUT2D eigenvalue weighted by atomic mass is 16.5. The summed E-state index contributed by atoms with van der Waals surface area (Å²) in [5.74, 6) is 2.09. The molecule has 1 aliphatic heterocycles. The molecule has 6 nitrogen and oxygen atoms in total. The zero-order valence-electron chi connectivity index (χ0n) is 12.9. The molecule has 0 spiro atoms. The van der Waals surface area contributed by atoms with Crippen molar-refractivity contribution in [2.75, 3.05) is 6.54 Å². The quantitative estimate of drug-likeness (QED) is 0.866. The number of nitrogens with zero attached hydrogens (tertiary/aromatic N) is 3. The molecule has 4 rings (SSSR count). The third-order valence-electron chi connectivity index (χ3n) is 4.68. The first-order valence-corrected chi connectivity index (χ1v) is 8.09. The summed E-state index contributed by atoms with van der Waals surface area (Å²) in [7, 11) is 0. The number of carbonyl (C=O) groups excluding carboxylic acids is 1. The first-order valence-electron chi connectivity index (χ1n) is 8.09. The van der Waals surface area contributed by atoms with Gasteiger partial charge in [-0.3, -0.25) is 9.78 Å². The van der Waals surface area contributed by atoms with E-state index in [4.69, 9.17) is 9.26 Å². The van der Waals surface area contributed by atoms with Gasteiger partial charge in [-0.05, 0) is 25.0 Å². The van der Waals surface area contributed by atoms with Crippen molar-refractivity contribution in [1.82, 2.24) is 15.0 Å². The summed E-state index contributed by atoms with van der Waals surface area (Å²) in [5.41, 5.74) is 1.78. The van der Waals surface area contributed by atoms with E-state index in [1.807, 2.05) is 17.0 Å². The Morgan fingerprint density at radius 1 is 1.43 bits per heavy atom. The van der Waals surface area contributed by atoms with Crippen LogP contribution in [0.25, 0.3) is 0 Å². The van der Waals surface area contributed by atoms with Crippen LogP contribution >= 0.6 is 0 Å². The van der Waals surface area contributed by atoms with Crippen LogP contribution in [-0.2, 0) is 24.4 Å². The summed E-state index contributed by atoms with van der Waals surface area (Å²) in [6, 6.07) is 3.68. The van der Waals surface area contributed by atoms with Gasteiger partial charge in [-0.25, -0.2) is 0 Å². The minimum absolute atomic E-state index is 0.228. The Hall–Kier alpha value is -2.37. The summed E-state index contributed by atoms with van der Waals surface area (Å²) in [6.07, 6.45) is 7.33. The Labute approximate surface area is 134 Å². The fourth-order valence-electron chi connectivity index (χ4n) is 3.06. The van der Waals surface area contributed by atoms with Gasteiger partial charge in [0.25, 0.3) is 0 Å². The molecule has 120 valence electrons. The lowest BCUT2D eigenvalue weighted by atomic mass is 9.84. The number of aromatic nitrogens is 2. The molecule has 23 heavy (non-hydrogen) atoms. The highest BCUT2D eigenvalue weighted by Crippen LogP contribution is 2.31. The van der Waals surface area contributed by atoms with Crippen molar-refractivity contribution in [1.29, 1.82) is 0 Å². The summed E-state index contributed by atoms with van der Waals surface area (Å²) in [6.45, 7) is 1.64. The van der Waals surface area contributed by atoms with Gasteiger partial charge in [-0.2, -0.15) is 0 Å². The van der Waals surface area contributed by atoms with Crippen LogP contribution in [0.15, 0.2) is 29.0 Å². The van der Waals surface area contributed by atoms with Gasteiger partial charge in [-0.15, -0.1) is 0 Å². The Bertz CT molecular complexity index is 694. The zero-order valence-corrected chi connectivity index (χ0v) is 12.9. The van der Waals surface area contributed by atoms with Crippen LogP contribution in [0.2, 0.25) is 0 Å². The van der Waals surface area contributed by atoms with Crippen LogP contribution in [0, 0.1) is 5.92 Å². The second kappa shape index (κ2) is 6.02. The van der Waals surface area contributed by atoms with E-state index in [1.165, 1.54) is 6.42 Å². The maximum Gasteiger partial charge on any atom is 0.225 e. The lowest BCUT2D eigenvalue weighted by Gasteiger charge is -2.33. The van der Waals surface area contributed by atoms with Crippen LogP contribution in [-0.4, -0.2) is 27.5 Å². The summed E-state index contributed by atoms with van der Waals surface area (Å²) < 4.78 is 11.1. The molecule has 0 bridgehead atoms. The van der Waals surface area contributed by atoms with Crippen molar-refractivity contribution in [2.45, 2.75) is 38.8 Å². The van der Waals surface area contributed by atoms with E-state index in [2.05, 4.69) is 10.1 Å². The minimum atomic E-state index is 0.228. The number of amides is 1. The van der Waals surface area contributed by atoms with Gasteiger partial charge in [-0.1, -0.05) is 11.6 Å².